The first-order valence-electron chi connectivity index (χ1n) is 7.37. The number of aliphatic hydroxyl groups is 1. The monoisotopic (exact) mass is 283 g/mol. The molecule has 5 unspecified atom stereocenters. The van der Waals surface area contributed by atoms with Gasteiger partial charge in [-0.15, -0.1) is 0 Å². The zero-order valence-electron chi connectivity index (χ0n) is 12.0. The molecule has 0 aromatic heterocycles. The van der Waals surface area contributed by atoms with Gasteiger partial charge in [-0.3, -0.25) is 17.2 Å². The molecule has 0 radical (unpaired) electrons. The van der Waals surface area contributed by atoms with E-state index in [-0.39, 0.29) is 12.0 Å². The minimum Gasteiger partial charge on any atom is -0.462 e. The molecule has 6 nitrogen and oxygen atoms in total. The van der Waals surface area contributed by atoms with Crippen LogP contribution in [0.25, 0.3) is 0 Å². The lowest BCUT2D eigenvalue weighted by Crippen LogP contribution is -2.65. The van der Waals surface area contributed by atoms with Gasteiger partial charge in [-0.05, 0) is 56.8 Å². The number of rotatable bonds is 3. The molecule has 0 heterocycles. The van der Waals surface area contributed by atoms with Crippen molar-refractivity contribution in [2.75, 3.05) is 6.61 Å². The van der Waals surface area contributed by atoms with E-state index in [1.54, 1.807) is 0 Å². The number of hydrogen-bond acceptors (Lipinski definition) is 6. The first-order chi connectivity index (χ1) is 9.10. The number of nitrogens with two attached hydrogens (primary N) is 3. The van der Waals surface area contributed by atoms with Crippen LogP contribution < -0.4 is 17.2 Å². The molecular weight excluding hydrogens is 258 g/mol. The molecule has 0 spiro atoms. The fourth-order valence-corrected chi connectivity index (χ4v) is 4.97. The standard InChI is InChI=1S/C14H25N3O3/c1-12(19)3-8-2-9-4-13(6-12,5-10(8)9)7-20-11(18)14(15,16)17/h8-10,19H,2-7,15-17H2,1H3. The highest BCUT2D eigenvalue weighted by molar-refractivity contribution is 5.78. The molecule has 0 aromatic carbocycles. The van der Waals surface area contributed by atoms with Gasteiger partial charge in [0.25, 0.3) is 0 Å². The fraction of sp³-hybridized carbons (Fsp3) is 0.929. The second-order valence-electron chi connectivity index (χ2n) is 7.71. The normalized spacial score (nSPS) is 46.5. The second-order valence-corrected chi connectivity index (χ2v) is 7.71. The fourth-order valence-electron chi connectivity index (χ4n) is 4.97. The molecule has 3 saturated carbocycles. The first-order valence-corrected chi connectivity index (χ1v) is 7.37. The molecule has 3 aliphatic carbocycles. The molecule has 114 valence electrons. The topological polar surface area (TPSA) is 125 Å². The lowest BCUT2D eigenvalue weighted by Gasteiger charge is -2.45. The molecule has 0 aliphatic heterocycles. The van der Waals surface area contributed by atoms with Gasteiger partial charge in [-0.25, -0.2) is 4.79 Å². The number of carbonyl (C=O) groups excluding carboxylic acids is 1. The van der Waals surface area contributed by atoms with E-state index >= 15 is 0 Å². The van der Waals surface area contributed by atoms with E-state index in [1.807, 2.05) is 6.92 Å². The number of esters is 1. The van der Waals surface area contributed by atoms with Gasteiger partial charge in [0, 0.05) is 5.41 Å². The van der Waals surface area contributed by atoms with Crippen molar-refractivity contribution in [2.45, 2.75) is 50.4 Å². The van der Waals surface area contributed by atoms with Crippen LogP contribution in [0.2, 0.25) is 0 Å². The van der Waals surface area contributed by atoms with Gasteiger partial charge in [0.1, 0.15) is 0 Å². The van der Waals surface area contributed by atoms with Gasteiger partial charge in [0.2, 0.25) is 5.79 Å². The number of fused-ring (bicyclic) bond motifs is 1. The Balaban J connectivity index is 1.72. The van der Waals surface area contributed by atoms with Crippen LogP contribution in [-0.2, 0) is 9.53 Å². The Kier molecular flexibility index (Phi) is 2.97. The van der Waals surface area contributed by atoms with Crippen LogP contribution in [0.15, 0.2) is 0 Å². The van der Waals surface area contributed by atoms with Crippen LogP contribution >= 0.6 is 0 Å². The Morgan fingerprint density at radius 1 is 1.30 bits per heavy atom. The quantitative estimate of drug-likeness (QED) is 0.414. The van der Waals surface area contributed by atoms with Crippen LogP contribution in [0.4, 0.5) is 0 Å². The maximum absolute atomic E-state index is 11.7. The summed E-state index contributed by atoms with van der Waals surface area (Å²) < 4.78 is 5.26. The Bertz CT molecular complexity index is 432. The Morgan fingerprint density at radius 2 is 1.95 bits per heavy atom. The lowest BCUT2D eigenvalue weighted by molar-refractivity contribution is -0.155. The summed E-state index contributed by atoms with van der Waals surface area (Å²) >= 11 is 0. The Morgan fingerprint density at radius 3 is 2.60 bits per heavy atom. The second kappa shape index (κ2) is 4.16. The van der Waals surface area contributed by atoms with Crippen LogP contribution in [0.1, 0.15) is 39.0 Å². The van der Waals surface area contributed by atoms with E-state index in [1.165, 1.54) is 6.42 Å². The predicted octanol–water partition coefficient (Wildman–Crippen LogP) is -0.363. The van der Waals surface area contributed by atoms with Crippen molar-refractivity contribution in [3.8, 4) is 0 Å². The van der Waals surface area contributed by atoms with Crippen molar-refractivity contribution in [1.82, 2.24) is 0 Å². The summed E-state index contributed by atoms with van der Waals surface area (Å²) in [5.41, 5.74) is 15.2. The van der Waals surface area contributed by atoms with E-state index in [0.717, 1.165) is 25.2 Å². The van der Waals surface area contributed by atoms with Gasteiger partial charge in [-0.2, -0.15) is 0 Å². The third-order valence-electron chi connectivity index (χ3n) is 5.50. The van der Waals surface area contributed by atoms with Crippen molar-refractivity contribution >= 4 is 5.97 Å². The van der Waals surface area contributed by atoms with Crippen molar-refractivity contribution in [1.29, 1.82) is 0 Å². The van der Waals surface area contributed by atoms with Crippen molar-refractivity contribution in [3.05, 3.63) is 0 Å². The third kappa shape index (κ3) is 2.35. The largest absolute Gasteiger partial charge is 0.462 e. The summed E-state index contributed by atoms with van der Waals surface area (Å²) in [5.74, 6) is -0.683. The third-order valence-corrected chi connectivity index (χ3v) is 5.50. The summed E-state index contributed by atoms with van der Waals surface area (Å²) in [4.78, 5) is 11.7. The van der Waals surface area contributed by atoms with E-state index in [2.05, 4.69) is 0 Å². The summed E-state index contributed by atoms with van der Waals surface area (Å²) in [6, 6.07) is 0. The summed E-state index contributed by atoms with van der Waals surface area (Å²) in [6.07, 6.45) is 4.77. The number of ether oxygens (including phenoxy) is 1. The van der Waals surface area contributed by atoms with E-state index in [0.29, 0.717) is 18.3 Å². The summed E-state index contributed by atoms with van der Waals surface area (Å²) in [6.45, 7) is 2.15. The summed E-state index contributed by atoms with van der Waals surface area (Å²) in [5, 5.41) is 10.5. The molecule has 2 bridgehead atoms. The van der Waals surface area contributed by atoms with Gasteiger partial charge in [0.05, 0.1) is 12.2 Å². The molecular formula is C14H25N3O3. The van der Waals surface area contributed by atoms with Gasteiger partial charge in [-0.1, -0.05) is 0 Å². The maximum atomic E-state index is 11.7. The number of carbonyl (C=O) groups is 1. The number of hydrogen-bond donors (Lipinski definition) is 4. The molecule has 20 heavy (non-hydrogen) atoms. The van der Waals surface area contributed by atoms with Gasteiger partial charge >= 0.3 is 5.97 Å². The molecule has 0 amide bonds. The highest BCUT2D eigenvalue weighted by Gasteiger charge is 2.59. The maximum Gasteiger partial charge on any atom is 0.356 e. The van der Waals surface area contributed by atoms with Crippen LogP contribution in [0.3, 0.4) is 0 Å². The average molecular weight is 283 g/mol. The van der Waals surface area contributed by atoms with Crippen molar-refractivity contribution < 1.29 is 14.6 Å². The Labute approximate surface area is 119 Å². The molecule has 0 saturated heterocycles. The Hall–Kier alpha value is -0.690. The van der Waals surface area contributed by atoms with Crippen LogP contribution in [0, 0.1) is 23.2 Å². The smallest absolute Gasteiger partial charge is 0.356 e. The van der Waals surface area contributed by atoms with Crippen LogP contribution in [0.5, 0.6) is 0 Å². The van der Waals surface area contributed by atoms with Gasteiger partial charge in [0.15, 0.2) is 0 Å². The molecule has 3 rings (SSSR count). The highest BCUT2D eigenvalue weighted by Crippen LogP contribution is 2.65. The average Bonchev–Trinajstić information content (AvgIpc) is 2.50. The molecule has 3 fully saturated rings. The zero-order chi connectivity index (χ0) is 14.8. The van der Waals surface area contributed by atoms with E-state index < -0.39 is 17.4 Å². The van der Waals surface area contributed by atoms with Crippen LogP contribution in [-0.4, -0.2) is 29.1 Å². The molecule has 3 aliphatic rings. The molecule has 5 atom stereocenters. The minimum atomic E-state index is -1.94. The van der Waals surface area contributed by atoms with Crippen molar-refractivity contribution in [2.24, 2.45) is 40.4 Å². The lowest BCUT2D eigenvalue weighted by atomic mass is 9.62. The zero-order valence-corrected chi connectivity index (χ0v) is 12.0. The van der Waals surface area contributed by atoms with Crippen molar-refractivity contribution in [3.63, 3.8) is 0 Å². The minimum absolute atomic E-state index is 0.134. The molecule has 7 N–H and O–H groups in total. The van der Waals surface area contributed by atoms with Gasteiger partial charge < -0.3 is 9.84 Å². The van der Waals surface area contributed by atoms with E-state index in [4.69, 9.17) is 21.9 Å². The highest BCUT2D eigenvalue weighted by atomic mass is 16.5. The summed E-state index contributed by atoms with van der Waals surface area (Å²) in [7, 11) is 0. The predicted molar refractivity (Wildman–Crippen MR) is 72.9 cm³/mol. The van der Waals surface area contributed by atoms with E-state index in [9.17, 15) is 9.90 Å². The molecule has 6 heteroatoms. The first kappa shape index (κ1) is 14.3. The SMILES string of the molecule is CC1(O)CC2CC3CC(COC(=O)C(N)(N)N)(CC23)C1. The molecule has 0 aromatic rings.